The van der Waals surface area contributed by atoms with Crippen molar-refractivity contribution in [2.45, 2.75) is 38.1 Å². The van der Waals surface area contributed by atoms with E-state index in [-0.39, 0.29) is 11.5 Å². The molecule has 8 nitrogen and oxygen atoms in total. The van der Waals surface area contributed by atoms with Crippen molar-refractivity contribution in [1.29, 1.82) is 0 Å². The number of aryl methyl sites for hydroxylation is 3. The van der Waals surface area contributed by atoms with Gasteiger partial charge < -0.3 is 9.47 Å². The number of hydrogen-bond acceptors (Lipinski definition) is 7. The molecule has 9 heteroatoms. The summed E-state index contributed by atoms with van der Waals surface area (Å²) in [5.74, 6) is 1.86. The zero-order valence-electron chi connectivity index (χ0n) is 18.3. The molecule has 1 atom stereocenters. The predicted molar refractivity (Wildman–Crippen MR) is 120 cm³/mol. The summed E-state index contributed by atoms with van der Waals surface area (Å²) in [5, 5.41) is 20.1. The van der Waals surface area contributed by atoms with Crippen LogP contribution >= 0.6 is 11.8 Å². The van der Waals surface area contributed by atoms with Crippen LogP contribution in [-0.4, -0.2) is 39.9 Å². The Balaban J connectivity index is 1.99. The van der Waals surface area contributed by atoms with E-state index in [4.69, 9.17) is 9.47 Å². The van der Waals surface area contributed by atoms with E-state index >= 15 is 0 Å². The third kappa shape index (κ3) is 5.16. The van der Waals surface area contributed by atoms with E-state index in [0.29, 0.717) is 23.3 Å². The van der Waals surface area contributed by atoms with Crippen molar-refractivity contribution in [3.05, 3.63) is 69.0 Å². The van der Waals surface area contributed by atoms with E-state index in [1.165, 1.54) is 17.3 Å². The number of benzene rings is 2. The molecular weight excluding hydrogens is 416 g/mol. The van der Waals surface area contributed by atoms with E-state index in [1.54, 1.807) is 19.2 Å². The first-order chi connectivity index (χ1) is 14.8. The number of hydrogen-bond donors (Lipinski definition) is 0. The first-order valence-electron chi connectivity index (χ1n) is 9.92. The van der Waals surface area contributed by atoms with Gasteiger partial charge in [-0.1, -0.05) is 23.9 Å². The van der Waals surface area contributed by atoms with Gasteiger partial charge in [0.25, 0.3) is 0 Å². The molecular formula is C22H26N4O4S. The lowest BCUT2D eigenvalue weighted by Gasteiger charge is -2.17. The first-order valence-corrected chi connectivity index (χ1v) is 10.8. The van der Waals surface area contributed by atoms with Crippen molar-refractivity contribution in [1.82, 2.24) is 14.8 Å². The molecule has 0 radical (unpaired) electrons. The lowest BCUT2D eigenvalue weighted by molar-refractivity contribution is -0.479. The summed E-state index contributed by atoms with van der Waals surface area (Å²) in [6, 6.07) is 11.5. The number of methoxy groups -OCH3 is 1. The average Bonchev–Trinajstić information content (AvgIpc) is 3.10. The number of ether oxygens (including phenoxy) is 2. The fourth-order valence-electron chi connectivity index (χ4n) is 3.21. The number of aromatic nitrogens is 3. The Morgan fingerprint density at radius 1 is 1.10 bits per heavy atom. The van der Waals surface area contributed by atoms with E-state index in [0.717, 1.165) is 22.6 Å². The molecule has 0 fully saturated rings. The molecule has 0 bridgehead atoms. The zero-order chi connectivity index (χ0) is 22.5. The van der Waals surface area contributed by atoms with E-state index in [9.17, 15) is 10.1 Å². The number of nitrogens with zero attached hydrogens (tertiary/aromatic N) is 4. The van der Waals surface area contributed by atoms with Gasteiger partial charge in [0.2, 0.25) is 6.54 Å². The van der Waals surface area contributed by atoms with Crippen LogP contribution in [0.15, 0.2) is 41.6 Å². The van der Waals surface area contributed by atoms with Gasteiger partial charge in [0, 0.05) is 10.6 Å². The van der Waals surface area contributed by atoms with Gasteiger partial charge in [-0.15, -0.1) is 10.2 Å². The molecule has 164 valence electrons. The van der Waals surface area contributed by atoms with Crippen LogP contribution in [0.3, 0.4) is 0 Å². The van der Waals surface area contributed by atoms with Gasteiger partial charge in [-0.3, -0.25) is 14.7 Å². The Morgan fingerprint density at radius 3 is 2.52 bits per heavy atom. The summed E-state index contributed by atoms with van der Waals surface area (Å²) >= 11 is 1.31. The zero-order valence-corrected chi connectivity index (χ0v) is 19.1. The third-order valence-corrected chi connectivity index (χ3v) is 6.15. The highest BCUT2D eigenvalue weighted by Crippen LogP contribution is 2.39. The summed E-state index contributed by atoms with van der Waals surface area (Å²) in [6.07, 6.45) is 0. The molecule has 0 aliphatic carbocycles. The second-order valence-electron chi connectivity index (χ2n) is 7.10. The molecule has 0 saturated carbocycles. The van der Waals surface area contributed by atoms with Gasteiger partial charge in [0.15, 0.2) is 16.7 Å². The smallest absolute Gasteiger partial charge is 0.220 e. The molecule has 0 amide bonds. The van der Waals surface area contributed by atoms with E-state index < -0.39 is 5.25 Å². The molecule has 3 aromatic rings. The Hall–Kier alpha value is -3.07. The summed E-state index contributed by atoms with van der Waals surface area (Å²) < 4.78 is 12.9. The summed E-state index contributed by atoms with van der Waals surface area (Å²) in [6.45, 7) is 8.10. The standard InChI is InChI=1S/C22H26N4O4S/c1-6-30-19-10-8-17(12-20(19)29-5)21(13-25(27)28)31-22-24-23-16(4)26(22)18-9-7-14(2)15(3)11-18/h7-12,21H,6,13H2,1-5H3/t21-/m1/s1. The minimum Gasteiger partial charge on any atom is -0.493 e. The van der Waals surface area contributed by atoms with Crippen LogP contribution in [0, 0.1) is 30.9 Å². The molecule has 0 saturated heterocycles. The molecule has 0 N–H and O–H groups in total. The third-order valence-electron chi connectivity index (χ3n) is 4.97. The molecule has 31 heavy (non-hydrogen) atoms. The Morgan fingerprint density at radius 2 is 1.87 bits per heavy atom. The maximum atomic E-state index is 11.4. The maximum absolute atomic E-state index is 11.4. The number of rotatable bonds is 9. The fourth-order valence-corrected chi connectivity index (χ4v) is 4.38. The Kier molecular flexibility index (Phi) is 7.17. The maximum Gasteiger partial charge on any atom is 0.220 e. The van der Waals surface area contributed by atoms with Crippen molar-refractivity contribution in [2.24, 2.45) is 0 Å². The quantitative estimate of drug-likeness (QED) is 0.269. The highest BCUT2D eigenvalue weighted by molar-refractivity contribution is 7.99. The lowest BCUT2D eigenvalue weighted by Crippen LogP contribution is -2.11. The molecule has 3 rings (SSSR count). The molecule has 1 aromatic heterocycles. The van der Waals surface area contributed by atoms with Gasteiger partial charge in [-0.05, 0) is 68.7 Å². The largest absolute Gasteiger partial charge is 0.493 e. The first kappa shape index (κ1) is 22.6. The topological polar surface area (TPSA) is 92.3 Å². The Labute approximate surface area is 185 Å². The van der Waals surface area contributed by atoms with Crippen LogP contribution in [-0.2, 0) is 0 Å². The second-order valence-corrected chi connectivity index (χ2v) is 8.27. The average molecular weight is 443 g/mol. The van der Waals surface area contributed by atoms with Crippen LogP contribution in [0.4, 0.5) is 0 Å². The highest BCUT2D eigenvalue weighted by Gasteiger charge is 2.25. The van der Waals surface area contributed by atoms with Gasteiger partial charge in [0.1, 0.15) is 11.1 Å². The minimum absolute atomic E-state index is 0.263. The normalized spacial score (nSPS) is 11.9. The lowest BCUT2D eigenvalue weighted by atomic mass is 10.1. The van der Waals surface area contributed by atoms with E-state index in [2.05, 4.69) is 23.2 Å². The highest BCUT2D eigenvalue weighted by atomic mass is 32.2. The van der Waals surface area contributed by atoms with Crippen molar-refractivity contribution < 1.29 is 14.4 Å². The molecule has 0 aliphatic heterocycles. The summed E-state index contributed by atoms with van der Waals surface area (Å²) in [5.41, 5.74) is 4.03. The molecule has 2 aromatic carbocycles. The van der Waals surface area contributed by atoms with E-state index in [1.807, 2.05) is 43.5 Å². The van der Waals surface area contributed by atoms with Crippen molar-refractivity contribution >= 4 is 11.8 Å². The van der Waals surface area contributed by atoms with Crippen molar-refractivity contribution in [2.75, 3.05) is 20.3 Å². The van der Waals surface area contributed by atoms with Gasteiger partial charge >= 0.3 is 0 Å². The van der Waals surface area contributed by atoms with Crippen LogP contribution in [0.5, 0.6) is 11.5 Å². The van der Waals surface area contributed by atoms with Gasteiger partial charge in [0.05, 0.1) is 13.7 Å². The number of nitro groups is 1. The molecule has 0 unspecified atom stereocenters. The monoisotopic (exact) mass is 442 g/mol. The van der Waals surface area contributed by atoms with Crippen LogP contribution in [0.25, 0.3) is 5.69 Å². The fraction of sp³-hybridized carbons (Fsp3) is 0.364. The molecule has 0 aliphatic rings. The summed E-state index contributed by atoms with van der Waals surface area (Å²) in [4.78, 5) is 11.1. The number of thioether (sulfide) groups is 1. The minimum atomic E-state index is -0.478. The van der Waals surface area contributed by atoms with Crippen LogP contribution in [0.2, 0.25) is 0 Å². The molecule has 1 heterocycles. The molecule has 0 spiro atoms. The van der Waals surface area contributed by atoms with Gasteiger partial charge in [-0.2, -0.15) is 0 Å². The van der Waals surface area contributed by atoms with Crippen molar-refractivity contribution in [3.8, 4) is 17.2 Å². The second kappa shape index (κ2) is 9.82. The Bertz CT molecular complexity index is 1080. The van der Waals surface area contributed by atoms with Crippen LogP contribution < -0.4 is 9.47 Å². The van der Waals surface area contributed by atoms with Crippen LogP contribution in [0.1, 0.15) is 34.7 Å². The SMILES string of the molecule is CCOc1ccc([C@@H](C[N+](=O)[O-])Sc2nnc(C)n2-c2ccc(C)c(C)c2)cc1OC. The predicted octanol–water partition coefficient (Wildman–Crippen LogP) is 4.71. The van der Waals surface area contributed by atoms with Gasteiger partial charge in [-0.25, -0.2) is 0 Å². The summed E-state index contributed by atoms with van der Waals surface area (Å²) in [7, 11) is 1.55. The van der Waals surface area contributed by atoms with Crippen molar-refractivity contribution in [3.63, 3.8) is 0 Å².